The largest absolute Gasteiger partial charge is 0.423 e. The molecule has 7 nitrogen and oxygen atoms in total. The maximum absolute atomic E-state index is 12.9. The number of piperidine rings is 1. The van der Waals surface area contributed by atoms with Crippen molar-refractivity contribution >= 4 is 34.6 Å². The van der Waals surface area contributed by atoms with Crippen LogP contribution in [0.2, 0.25) is 0 Å². The molecular formula is C21H21FN4O3. The molecule has 3 aromatic rings. The zero-order valence-corrected chi connectivity index (χ0v) is 15.7. The van der Waals surface area contributed by atoms with Crippen LogP contribution < -0.4 is 15.5 Å². The molecule has 1 aliphatic rings. The second kappa shape index (κ2) is 8.30. The Labute approximate surface area is 166 Å². The summed E-state index contributed by atoms with van der Waals surface area (Å²) in [4.78, 5) is 30.6. The molecule has 150 valence electrons. The van der Waals surface area contributed by atoms with Gasteiger partial charge in [0.05, 0.1) is 0 Å². The molecule has 0 unspecified atom stereocenters. The van der Waals surface area contributed by atoms with Crippen molar-refractivity contribution in [2.75, 3.05) is 29.9 Å². The van der Waals surface area contributed by atoms with Gasteiger partial charge in [-0.2, -0.15) is 4.98 Å². The fraction of sp³-hybridized carbons (Fsp3) is 0.286. The topological polar surface area (TPSA) is 87.5 Å². The van der Waals surface area contributed by atoms with Gasteiger partial charge in [0.25, 0.3) is 6.01 Å². The number of amides is 2. The number of benzene rings is 2. The van der Waals surface area contributed by atoms with Gasteiger partial charge in [-0.1, -0.05) is 12.1 Å². The quantitative estimate of drug-likeness (QED) is 0.662. The molecule has 1 fully saturated rings. The molecule has 0 bridgehead atoms. The van der Waals surface area contributed by atoms with Crippen LogP contribution in [0, 0.1) is 11.7 Å². The summed E-state index contributed by atoms with van der Waals surface area (Å²) in [5, 5.41) is 5.13. The van der Waals surface area contributed by atoms with Crippen molar-refractivity contribution < 1.29 is 18.4 Å². The Kier molecular flexibility index (Phi) is 5.41. The van der Waals surface area contributed by atoms with Crippen LogP contribution in [-0.2, 0) is 9.59 Å². The number of oxazole rings is 1. The fourth-order valence-corrected chi connectivity index (χ4v) is 3.36. The van der Waals surface area contributed by atoms with Gasteiger partial charge in [-0.05, 0) is 55.2 Å². The van der Waals surface area contributed by atoms with Crippen molar-refractivity contribution in [3.63, 3.8) is 0 Å². The molecule has 1 aromatic heterocycles. The first kappa shape index (κ1) is 18.9. The van der Waals surface area contributed by atoms with Crippen LogP contribution in [0.5, 0.6) is 0 Å². The highest BCUT2D eigenvalue weighted by molar-refractivity contribution is 6.39. The van der Waals surface area contributed by atoms with E-state index >= 15 is 0 Å². The second-order valence-electron chi connectivity index (χ2n) is 7.07. The van der Waals surface area contributed by atoms with Gasteiger partial charge in [-0.15, -0.1) is 0 Å². The third-order valence-corrected chi connectivity index (χ3v) is 5.03. The fourth-order valence-electron chi connectivity index (χ4n) is 3.36. The summed E-state index contributed by atoms with van der Waals surface area (Å²) in [6, 6.07) is 13.5. The van der Waals surface area contributed by atoms with Crippen LogP contribution in [0.1, 0.15) is 12.8 Å². The molecule has 1 aliphatic heterocycles. The minimum atomic E-state index is -0.763. The van der Waals surface area contributed by atoms with E-state index in [-0.39, 0.29) is 5.92 Å². The number of fused-ring (bicyclic) bond motifs is 1. The number of aromatic nitrogens is 1. The summed E-state index contributed by atoms with van der Waals surface area (Å²) in [6.45, 7) is 1.97. The highest BCUT2D eigenvalue weighted by Gasteiger charge is 2.24. The summed E-state index contributed by atoms with van der Waals surface area (Å²) in [6.07, 6.45) is 1.72. The number of halogens is 1. The number of para-hydroxylation sites is 2. The van der Waals surface area contributed by atoms with Gasteiger partial charge in [-0.3, -0.25) is 9.59 Å². The van der Waals surface area contributed by atoms with Crippen LogP contribution in [0.25, 0.3) is 11.1 Å². The van der Waals surface area contributed by atoms with Crippen LogP contribution in [0.4, 0.5) is 16.1 Å². The van der Waals surface area contributed by atoms with Crippen molar-refractivity contribution in [1.29, 1.82) is 0 Å². The van der Waals surface area contributed by atoms with E-state index in [0.29, 0.717) is 18.2 Å². The molecule has 4 rings (SSSR count). The zero-order chi connectivity index (χ0) is 20.2. The van der Waals surface area contributed by atoms with Crippen LogP contribution in [0.15, 0.2) is 52.9 Å². The van der Waals surface area contributed by atoms with E-state index in [9.17, 15) is 14.0 Å². The van der Waals surface area contributed by atoms with Crippen LogP contribution in [-0.4, -0.2) is 36.4 Å². The number of carbonyl (C=O) groups excluding carboxylic acids is 2. The summed E-state index contributed by atoms with van der Waals surface area (Å²) in [5.41, 5.74) is 1.98. The molecule has 1 saturated heterocycles. The van der Waals surface area contributed by atoms with Gasteiger partial charge in [0.1, 0.15) is 11.3 Å². The number of hydrogen-bond donors (Lipinski definition) is 2. The molecule has 0 atom stereocenters. The Morgan fingerprint density at radius 2 is 1.79 bits per heavy atom. The number of nitrogens with zero attached hydrogens (tertiary/aromatic N) is 2. The summed E-state index contributed by atoms with van der Waals surface area (Å²) in [7, 11) is 0. The lowest BCUT2D eigenvalue weighted by atomic mass is 9.97. The molecule has 2 N–H and O–H groups in total. The van der Waals surface area contributed by atoms with Gasteiger partial charge >= 0.3 is 11.8 Å². The van der Waals surface area contributed by atoms with Crippen LogP contribution >= 0.6 is 0 Å². The molecule has 0 radical (unpaired) electrons. The van der Waals surface area contributed by atoms with Gasteiger partial charge in [-0.25, -0.2) is 4.39 Å². The molecular weight excluding hydrogens is 375 g/mol. The maximum atomic E-state index is 12.9. The second-order valence-corrected chi connectivity index (χ2v) is 7.07. The molecule has 2 aromatic carbocycles. The molecule has 8 heteroatoms. The number of carbonyl (C=O) groups is 2. The Bertz CT molecular complexity index is 977. The molecule has 29 heavy (non-hydrogen) atoms. The highest BCUT2D eigenvalue weighted by Crippen LogP contribution is 2.26. The first-order valence-electron chi connectivity index (χ1n) is 9.54. The number of hydrogen-bond acceptors (Lipinski definition) is 5. The standard InChI is InChI=1S/C21H21FN4O3/c22-15-5-7-16(8-6-15)24-20(28)19(27)23-13-14-9-11-26(12-10-14)21-25-17-3-1-2-4-18(17)29-21/h1-8,14H,9-13H2,(H,23,27)(H,24,28). The van der Waals surface area contributed by atoms with Crippen molar-refractivity contribution in [3.8, 4) is 0 Å². The van der Waals surface area contributed by atoms with E-state index in [1.807, 2.05) is 24.3 Å². The average Bonchev–Trinajstić information content (AvgIpc) is 3.18. The lowest BCUT2D eigenvalue weighted by molar-refractivity contribution is -0.136. The number of anilines is 2. The van der Waals surface area contributed by atoms with Gasteiger partial charge < -0.3 is 20.0 Å². The maximum Gasteiger partial charge on any atom is 0.313 e. The van der Waals surface area contributed by atoms with Gasteiger partial charge in [0.2, 0.25) is 0 Å². The Hall–Kier alpha value is -3.42. The minimum Gasteiger partial charge on any atom is -0.423 e. The average molecular weight is 396 g/mol. The van der Waals surface area contributed by atoms with Crippen molar-refractivity contribution in [2.24, 2.45) is 5.92 Å². The van der Waals surface area contributed by atoms with E-state index in [1.54, 1.807) is 0 Å². The van der Waals surface area contributed by atoms with Gasteiger partial charge in [0.15, 0.2) is 5.58 Å². The van der Waals surface area contributed by atoms with E-state index < -0.39 is 17.6 Å². The van der Waals surface area contributed by atoms with Crippen molar-refractivity contribution in [2.45, 2.75) is 12.8 Å². The molecule has 0 saturated carbocycles. The Balaban J connectivity index is 1.23. The van der Waals surface area contributed by atoms with E-state index in [2.05, 4.69) is 20.5 Å². The van der Waals surface area contributed by atoms with Crippen LogP contribution in [0.3, 0.4) is 0 Å². The SMILES string of the molecule is O=C(NCC1CCN(c2nc3ccccc3o2)CC1)C(=O)Nc1ccc(F)cc1. The van der Waals surface area contributed by atoms with Crippen molar-refractivity contribution in [3.05, 3.63) is 54.3 Å². The van der Waals surface area contributed by atoms with Gasteiger partial charge in [0, 0.05) is 25.3 Å². The first-order chi connectivity index (χ1) is 14.1. The third kappa shape index (κ3) is 4.53. The summed E-state index contributed by atoms with van der Waals surface area (Å²) >= 11 is 0. The molecule has 0 aliphatic carbocycles. The summed E-state index contributed by atoms with van der Waals surface area (Å²) in [5.74, 6) is -1.59. The molecule has 2 amide bonds. The highest BCUT2D eigenvalue weighted by atomic mass is 19.1. The van der Waals surface area contributed by atoms with E-state index in [4.69, 9.17) is 4.42 Å². The lowest BCUT2D eigenvalue weighted by Crippen LogP contribution is -2.41. The Morgan fingerprint density at radius 3 is 2.52 bits per heavy atom. The monoisotopic (exact) mass is 396 g/mol. The third-order valence-electron chi connectivity index (χ3n) is 5.03. The van der Waals surface area contributed by atoms with E-state index in [0.717, 1.165) is 37.0 Å². The predicted octanol–water partition coefficient (Wildman–Crippen LogP) is 2.94. The minimum absolute atomic E-state index is 0.276. The number of rotatable bonds is 4. The number of nitrogens with one attached hydrogen (secondary N) is 2. The first-order valence-corrected chi connectivity index (χ1v) is 9.54. The lowest BCUT2D eigenvalue weighted by Gasteiger charge is -2.30. The molecule has 0 spiro atoms. The summed E-state index contributed by atoms with van der Waals surface area (Å²) < 4.78 is 18.7. The Morgan fingerprint density at radius 1 is 1.07 bits per heavy atom. The predicted molar refractivity (Wildman–Crippen MR) is 107 cm³/mol. The smallest absolute Gasteiger partial charge is 0.313 e. The normalized spacial score (nSPS) is 14.7. The van der Waals surface area contributed by atoms with E-state index in [1.165, 1.54) is 24.3 Å². The zero-order valence-electron chi connectivity index (χ0n) is 15.7. The van der Waals surface area contributed by atoms with Crippen molar-refractivity contribution in [1.82, 2.24) is 10.3 Å². The molecule has 2 heterocycles.